The van der Waals surface area contributed by atoms with Crippen LogP contribution in [0.2, 0.25) is 0 Å². The van der Waals surface area contributed by atoms with Crippen LogP contribution in [0.25, 0.3) is 0 Å². The van der Waals surface area contributed by atoms with Crippen LogP contribution in [0.4, 0.5) is 11.4 Å². The Morgan fingerprint density at radius 2 is 2.05 bits per heavy atom. The van der Waals surface area contributed by atoms with Gasteiger partial charge >= 0.3 is 0 Å². The molecule has 2 aliphatic rings. The standard InChI is InChI=1S/C16H24N2O2S/c1-10(13-9-11-6-7-12(13)8-11)18-14-4-3-5-15(16(14)17)21(2,19)20/h3-5,10-13,18H,6-9,17H2,1-2H3. The maximum Gasteiger partial charge on any atom is 0.177 e. The van der Waals surface area contributed by atoms with E-state index in [2.05, 4.69) is 12.2 Å². The number of rotatable bonds is 4. The Hall–Kier alpha value is -1.23. The Bertz CT molecular complexity index is 642. The van der Waals surface area contributed by atoms with Gasteiger partial charge in [0.25, 0.3) is 0 Å². The fourth-order valence-electron chi connectivity index (χ4n) is 4.25. The average Bonchev–Trinajstić information content (AvgIpc) is 3.02. The first kappa shape index (κ1) is 14.7. The number of nitrogens with one attached hydrogen (secondary N) is 1. The molecule has 116 valence electrons. The van der Waals surface area contributed by atoms with Crippen molar-refractivity contribution >= 4 is 21.2 Å². The molecule has 2 saturated carbocycles. The highest BCUT2D eigenvalue weighted by molar-refractivity contribution is 7.90. The van der Waals surface area contributed by atoms with E-state index in [0.717, 1.165) is 17.5 Å². The molecule has 0 amide bonds. The number of para-hydroxylation sites is 1. The molecule has 0 radical (unpaired) electrons. The summed E-state index contributed by atoms with van der Waals surface area (Å²) in [6.45, 7) is 2.19. The van der Waals surface area contributed by atoms with Crippen molar-refractivity contribution < 1.29 is 8.42 Å². The lowest BCUT2D eigenvalue weighted by atomic mass is 9.84. The van der Waals surface area contributed by atoms with Crippen LogP contribution in [0.15, 0.2) is 23.1 Å². The van der Waals surface area contributed by atoms with Gasteiger partial charge in [-0.05, 0) is 56.1 Å². The van der Waals surface area contributed by atoms with Gasteiger partial charge in [0, 0.05) is 12.3 Å². The Balaban J connectivity index is 1.79. The smallest absolute Gasteiger partial charge is 0.177 e. The quantitative estimate of drug-likeness (QED) is 0.839. The molecule has 4 nitrogen and oxygen atoms in total. The fraction of sp³-hybridized carbons (Fsp3) is 0.625. The first-order valence-corrected chi connectivity index (χ1v) is 9.60. The Morgan fingerprint density at radius 1 is 1.29 bits per heavy atom. The summed E-state index contributed by atoms with van der Waals surface area (Å²) in [6.07, 6.45) is 6.60. The molecule has 1 aromatic carbocycles. The van der Waals surface area contributed by atoms with E-state index in [-0.39, 0.29) is 4.90 Å². The van der Waals surface area contributed by atoms with E-state index in [4.69, 9.17) is 5.73 Å². The molecule has 4 unspecified atom stereocenters. The van der Waals surface area contributed by atoms with Gasteiger partial charge in [0.05, 0.1) is 16.3 Å². The number of hydrogen-bond donors (Lipinski definition) is 2. The van der Waals surface area contributed by atoms with Crippen molar-refractivity contribution in [3.05, 3.63) is 18.2 Å². The normalized spacial score (nSPS) is 29.5. The third kappa shape index (κ3) is 2.76. The van der Waals surface area contributed by atoms with Crippen LogP contribution < -0.4 is 11.1 Å². The lowest BCUT2D eigenvalue weighted by Gasteiger charge is -2.29. The number of benzene rings is 1. The molecule has 2 fully saturated rings. The number of nitrogen functional groups attached to an aromatic ring is 1. The summed E-state index contributed by atoms with van der Waals surface area (Å²) >= 11 is 0. The van der Waals surface area contributed by atoms with Crippen molar-refractivity contribution in [1.82, 2.24) is 0 Å². The monoisotopic (exact) mass is 308 g/mol. The van der Waals surface area contributed by atoms with Crippen molar-refractivity contribution in [1.29, 1.82) is 0 Å². The molecular formula is C16H24N2O2S. The summed E-state index contributed by atoms with van der Waals surface area (Å²) in [6, 6.07) is 5.52. The van der Waals surface area contributed by atoms with Crippen LogP contribution in [-0.4, -0.2) is 20.7 Å². The first-order valence-electron chi connectivity index (χ1n) is 7.71. The predicted octanol–water partition coefficient (Wildman–Crippen LogP) is 2.91. The summed E-state index contributed by atoms with van der Waals surface area (Å²) in [5, 5.41) is 3.46. The lowest BCUT2D eigenvalue weighted by molar-refractivity contribution is 0.304. The van der Waals surface area contributed by atoms with Gasteiger partial charge in [-0.25, -0.2) is 8.42 Å². The highest BCUT2D eigenvalue weighted by Crippen LogP contribution is 2.50. The number of anilines is 2. The van der Waals surface area contributed by atoms with E-state index >= 15 is 0 Å². The molecule has 2 bridgehead atoms. The highest BCUT2D eigenvalue weighted by Gasteiger charge is 2.41. The van der Waals surface area contributed by atoms with Crippen molar-refractivity contribution in [2.75, 3.05) is 17.3 Å². The minimum atomic E-state index is -3.28. The van der Waals surface area contributed by atoms with Gasteiger partial charge in [0.1, 0.15) is 0 Å². The Labute approximate surface area is 127 Å². The zero-order valence-electron chi connectivity index (χ0n) is 12.7. The molecule has 0 saturated heterocycles. The number of sulfone groups is 1. The van der Waals surface area contributed by atoms with Crippen LogP contribution in [0, 0.1) is 17.8 Å². The van der Waals surface area contributed by atoms with Crippen molar-refractivity contribution in [3.8, 4) is 0 Å². The maximum atomic E-state index is 11.7. The SMILES string of the molecule is CC(Nc1cccc(S(C)(=O)=O)c1N)C1CC2CCC1C2. The third-order valence-electron chi connectivity index (χ3n) is 5.28. The van der Waals surface area contributed by atoms with E-state index in [1.54, 1.807) is 12.1 Å². The summed E-state index contributed by atoms with van der Waals surface area (Å²) in [4.78, 5) is 0.215. The summed E-state index contributed by atoms with van der Waals surface area (Å²) in [5.41, 5.74) is 7.14. The molecule has 0 heterocycles. The van der Waals surface area contributed by atoms with Gasteiger partial charge in [0.15, 0.2) is 9.84 Å². The van der Waals surface area contributed by atoms with Gasteiger partial charge in [0.2, 0.25) is 0 Å². The van der Waals surface area contributed by atoms with Gasteiger partial charge < -0.3 is 11.1 Å². The average molecular weight is 308 g/mol. The van der Waals surface area contributed by atoms with Crippen molar-refractivity contribution in [2.45, 2.75) is 43.5 Å². The second-order valence-electron chi connectivity index (χ2n) is 6.76. The second-order valence-corrected chi connectivity index (χ2v) is 8.75. The molecule has 0 spiro atoms. The molecule has 21 heavy (non-hydrogen) atoms. The summed E-state index contributed by atoms with van der Waals surface area (Å²) in [7, 11) is -3.28. The van der Waals surface area contributed by atoms with Crippen LogP contribution in [0.5, 0.6) is 0 Å². The maximum absolute atomic E-state index is 11.7. The molecule has 1 aromatic rings. The summed E-state index contributed by atoms with van der Waals surface area (Å²) in [5.74, 6) is 2.42. The molecule has 2 aliphatic carbocycles. The molecule has 3 rings (SSSR count). The van der Waals surface area contributed by atoms with Gasteiger partial charge in [-0.15, -0.1) is 0 Å². The predicted molar refractivity (Wildman–Crippen MR) is 86.0 cm³/mol. The first-order chi connectivity index (χ1) is 9.86. The summed E-state index contributed by atoms with van der Waals surface area (Å²) < 4.78 is 23.5. The minimum absolute atomic E-state index is 0.215. The van der Waals surface area contributed by atoms with Crippen LogP contribution in [-0.2, 0) is 9.84 Å². The Kier molecular flexibility index (Phi) is 3.64. The van der Waals surface area contributed by atoms with Gasteiger partial charge in [-0.3, -0.25) is 0 Å². The molecule has 5 heteroatoms. The van der Waals surface area contributed by atoms with Crippen LogP contribution >= 0.6 is 0 Å². The van der Waals surface area contributed by atoms with E-state index < -0.39 is 9.84 Å². The molecule has 4 atom stereocenters. The van der Waals surface area contributed by atoms with Crippen LogP contribution in [0.1, 0.15) is 32.6 Å². The van der Waals surface area contributed by atoms with Crippen molar-refractivity contribution in [2.24, 2.45) is 17.8 Å². The zero-order valence-corrected chi connectivity index (χ0v) is 13.5. The Morgan fingerprint density at radius 3 is 2.62 bits per heavy atom. The van der Waals surface area contributed by atoms with Crippen LogP contribution in [0.3, 0.4) is 0 Å². The number of nitrogens with two attached hydrogens (primary N) is 1. The van der Waals surface area contributed by atoms with Gasteiger partial charge in [-0.2, -0.15) is 0 Å². The number of fused-ring (bicyclic) bond motifs is 2. The van der Waals surface area contributed by atoms with E-state index in [9.17, 15) is 8.42 Å². The number of hydrogen-bond acceptors (Lipinski definition) is 4. The van der Waals surface area contributed by atoms with Crippen molar-refractivity contribution in [3.63, 3.8) is 0 Å². The lowest BCUT2D eigenvalue weighted by Crippen LogP contribution is -2.30. The van der Waals surface area contributed by atoms with E-state index in [1.165, 1.54) is 31.9 Å². The fourth-order valence-corrected chi connectivity index (χ4v) is 5.09. The van der Waals surface area contributed by atoms with E-state index in [0.29, 0.717) is 17.6 Å². The topological polar surface area (TPSA) is 72.2 Å². The van der Waals surface area contributed by atoms with Gasteiger partial charge in [-0.1, -0.05) is 12.5 Å². The molecule has 0 aromatic heterocycles. The molecule has 0 aliphatic heterocycles. The largest absolute Gasteiger partial charge is 0.396 e. The zero-order chi connectivity index (χ0) is 15.2. The minimum Gasteiger partial charge on any atom is -0.396 e. The molecule has 3 N–H and O–H groups in total. The third-order valence-corrected chi connectivity index (χ3v) is 6.44. The highest BCUT2D eigenvalue weighted by atomic mass is 32.2. The second kappa shape index (κ2) is 5.20. The van der Waals surface area contributed by atoms with E-state index in [1.807, 2.05) is 6.07 Å². The molecular weight excluding hydrogens is 284 g/mol.